The molecule has 1 amide bonds. The molecule has 0 spiro atoms. The lowest BCUT2D eigenvalue weighted by atomic mass is 10.2. The molecule has 0 fully saturated rings. The fourth-order valence-electron chi connectivity index (χ4n) is 2.59. The lowest BCUT2D eigenvalue weighted by Gasteiger charge is -2.13. The van der Waals surface area contributed by atoms with Crippen LogP contribution in [0.15, 0.2) is 53.7 Å². The first-order valence-electron chi connectivity index (χ1n) is 8.71. The minimum Gasteiger partial charge on any atom is -0.325 e. The zero-order chi connectivity index (χ0) is 19.4. The van der Waals surface area contributed by atoms with Crippen LogP contribution in [-0.4, -0.2) is 25.9 Å². The molecule has 0 aliphatic heterocycles. The van der Waals surface area contributed by atoms with Gasteiger partial charge in [0.15, 0.2) is 11.0 Å². The molecule has 140 valence electrons. The molecule has 1 atom stereocenters. The number of benzene rings is 2. The van der Waals surface area contributed by atoms with Crippen molar-refractivity contribution in [3.05, 3.63) is 59.1 Å². The van der Waals surface area contributed by atoms with Gasteiger partial charge in [0.25, 0.3) is 0 Å². The van der Waals surface area contributed by atoms with E-state index in [9.17, 15) is 4.79 Å². The number of aromatic nitrogens is 3. The van der Waals surface area contributed by atoms with Crippen LogP contribution in [-0.2, 0) is 11.3 Å². The summed E-state index contributed by atoms with van der Waals surface area (Å²) < 4.78 is 1.99. The average Bonchev–Trinajstić information content (AvgIpc) is 3.06. The molecule has 5 nitrogen and oxygen atoms in total. The number of hydrogen-bond donors (Lipinski definition) is 1. The van der Waals surface area contributed by atoms with Gasteiger partial charge in [0.1, 0.15) is 0 Å². The molecule has 0 aliphatic carbocycles. The number of amides is 1. The summed E-state index contributed by atoms with van der Waals surface area (Å²) in [6.07, 6.45) is 0. The van der Waals surface area contributed by atoms with Crippen molar-refractivity contribution < 1.29 is 4.79 Å². The van der Waals surface area contributed by atoms with Crippen LogP contribution >= 0.6 is 23.4 Å². The molecule has 1 aromatic heterocycles. The topological polar surface area (TPSA) is 59.8 Å². The summed E-state index contributed by atoms with van der Waals surface area (Å²) in [6.45, 7) is 6.60. The molecule has 0 unspecified atom stereocenters. The fourth-order valence-corrected chi connectivity index (χ4v) is 3.70. The molecular weight excluding hydrogens is 380 g/mol. The molecule has 1 N–H and O–H groups in total. The van der Waals surface area contributed by atoms with Crippen LogP contribution in [0.3, 0.4) is 0 Å². The van der Waals surface area contributed by atoms with Gasteiger partial charge < -0.3 is 9.88 Å². The predicted molar refractivity (Wildman–Crippen MR) is 111 cm³/mol. The van der Waals surface area contributed by atoms with Gasteiger partial charge in [-0.05, 0) is 45.0 Å². The van der Waals surface area contributed by atoms with Gasteiger partial charge in [0, 0.05) is 22.8 Å². The number of carbonyl (C=O) groups is 1. The standard InChI is InChI=1S/C20H21ClN4OS/c1-4-25-18(15-6-5-7-16(21)12-15)23-24-20(25)27-14(3)19(26)22-17-10-8-13(2)9-11-17/h5-12,14H,4H2,1-3H3,(H,22,26)/t14-/m1/s1. The maximum atomic E-state index is 12.5. The average molecular weight is 401 g/mol. The van der Waals surface area contributed by atoms with Crippen LogP contribution in [0.4, 0.5) is 5.69 Å². The molecule has 27 heavy (non-hydrogen) atoms. The Morgan fingerprint density at radius 1 is 1.22 bits per heavy atom. The minimum atomic E-state index is -0.312. The van der Waals surface area contributed by atoms with Gasteiger partial charge in [-0.15, -0.1) is 10.2 Å². The van der Waals surface area contributed by atoms with E-state index in [2.05, 4.69) is 15.5 Å². The normalized spacial score (nSPS) is 12.0. The predicted octanol–water partition coefficient (Wildman–Crippen LogP) is 5.05. The third-order valence-corrected chi connectivity index (χ3v) is 5.40. The second-order valence-corrected chi connectivity index (χ2v) is 7.92. The molecule has 0 saturated heterocycles. The zero-order valence-electron chi connectivity index (χ0n) is 15.4. The van der Waals surface area contributed by atoms with Gasteiger partial charge in [0.2, 0.25) is 5.91 Å². The molecule has 1 heterocycles. The summed E-state index contributed by atoms with van der Waals surface area (Å²) in [6, 6.07) is 15.3. The number of nitrogens with one attached hydrogen (secondary N) is 1. The molecule has 0 radical (unpaired) electrons. The van der Waals surface area contributed by atoms with Crippen molar-refractivity contribution in [3.8, 4) is 11.4 Å². The molecule has 0 saturated carbocycles. The highest BCUT2D eigenvalue weighted by molar-refractivity contribution is 8.00. The SMILES string of the molecule is CCn1c(S[C@H](C)C(=O)Nc2ccc(C)cc2)nnc1-c1cccc(Cl)c1. The first-order chi connectivity index (χ1) is 13.0. The van der Waals surface area contributed by atoms with Gasteiger partial charge >= 0.3 is 0 Å². The number of halogens is 1. The number of nitrogens with zero attached hydrogens (tertiary/aromatic N) is 3. The molecule has 7 heteroatoms. The summed E-state index contributed by atoms with van der Waals surface area (Å²) in [5.74, 6) is 0.674. The third kappa shape index (κ3) is 4.70. The van der Waals surface area contributed by atoms with E-state index in [1.165, 1.54) is 11.8 Å². The van der Waals surface area contributed by atoms with Gasteiger partial charge in [-0.3, -0.25) is 4.79 Å². The van der Waals surface area contributed by atoms with Crippen LogP contribution in [0, 0.1) is 6.92 Å². The van der Waals surface area contributed by atoms with Gasteiger partial charge in [0.05, 0.1) is 5.25 Å². The van der Waals surface area contributed by atoms with Crippen LogP contribution in [0.25, 0.3) is 11.4 Å². The Kier molecular flexibility index (Phi) is 6.19. The van der Waals surface area contributed by atoms with Gasteiger partial charge in [-0.25, -0.2) is 0 Å². The molecule has 0 aliphatic rings. The van der Waals surface area contributed by atoms with E-state index >= 15 is 0 Å². The highest BCUT2D eigenvalue weighted by atomic mass is 35.5. The lowest BCUT2D eigenvalue weighted by molar-refractivity contribution is -0.115. The van der Waals surface area contributed by atoms with Crippen molar-refractivity contribution in [2.24, 2.45) is 0 Å². The van der Waals surface area contributed by atoms with E-state index in [0.717, 1.165) is 22.6 Å². The van der Waals surface area contributed by atoms with E-state index in [4.69, 9.17) is 11.6 Å². The molecule has 0 bridgehead atoms. The Labute approximate surface area is 168 Å². The minimum absolute atomic E-state index is 0.0705. The smallest absolute Gasteiger partial charge is 0.237 e. The summed E-state index contributed by atoms with van der Waals surface area (Å²) in [7, 11) is 0. The second-order valence-electron chi connectivity index (χ2n) is 6.18. The first kappa shape index (κ1) is 19.5. The van der Waals surface area contributed by atoms with E-state index in [0.29, 0.717) is 16.7 Å². The lowest BCUT2D eigenvalue weighted by Crippen LogP contribution is -2.22. The van der Waals surface area contributed by atoms with Crippen LogP contribution in [0.1, 0.15) is 19.4 Å². The quantitative estimate of drug-likeness (QED) is 0.588. The summed E-state index contributed by atoms with van der Waals surface area (Å²) in [5, 5.41) is 12.6. The highest BCUT2D eigenvalue weighted by Crippen LogP contribution is 2.28. The van der Waals surface area contributed by atoms with Gasteiger partial charge in [-0.1, -0.05) is 53.2 Å². The number of carbonyl (C=O) groups excluding carboxylic acids is 1. The van der Waals surface area contributed by atoms with Gasteiger partial charge in [-0.2, -0.15) is 0 Å². The zero-order valence-corrected chi connectivity index (χ0v) is 17.0. The maximum absolute atomic E-state index is 12.5. The van der Waals surface area contributed by atoms with Crippen LogP contribution in [0.2, 0.25) is 5.02 Å². The summed E-state index contributed by atoms with van der Waals surface area (Å²) in [5.41, 5.74) is 2.84. The second kappa shape index (κ2) is 8.59. The summed E-state index contributed by atoms with van der Waals surface area (Å²) >= 11 is 7.48. The molecule has 3 rings (SSSR count). The molecule has 2 aromatic carbocycles. The monoisotopic (exact) mass is 400 g/mol. The first-order valence-corrected chi connectivity index (χ1v) is 9.97. The molecule has 3 aromatic rings. The van der Waals surface area contributed by atoms with Crippen molar-refractivity contribution >= 4 is 35.0 Å². The van der Waals surface area contributed by atoms with Crippen molar-refractivity contribution in [2.75, 3.05) is 5.32 Å². The Morgan fingerprint density at radius 3 is 2.63 bits per heavy atom. The van der Waals surface area contributed by atoms with Crippen molar-refractivity contribution in [1.29, 1.82) is 0 Å². The summed E-state index contributed by atoms with van der Waals surface area (Å²) in [4.78, 5) is 12.5. The van der Waals surface area contributed by atoms with E-state index in [-0.39, 0.29) is 11.2 Å². The third-order valence-electron chi connectivity index (χ3n) is 4.09. The van der Waals surface area contributed by atoms with E-state index in [1.54, 1.807) is 0 Å². The number of thioether (sulfide) groups is 1. The molecular formula is C20H21ClN4OS. The Hall–Kier alpha value is -2.31. The Bertz CT molecular complexity index is 939. The number of hydrogen-bond acceptors (Lipinski definition) is 4. The van der Waals surface area contributed by atoms with E-state index in [1.807, 2.05) is 73.9 Å². The number of anilines is 1. The van der Waals surface area contributed by atoms with Crippen molar-refractivity contribution in [3.63, 3.8) is 0 Å². The van der Waals surface area contributed by atoms with Crippen molar-refractivity contribution in [2.45, 2.75) is 37.7 Å². The van der Waals surface area contributed by atoms with E-state index < -0.39 is 0 Å². The Morgan fingerprint density at radius 2 is 1.96 bits per heavy atom. The van der Waals surface area contributed by atoms with Crippen LogP contribution in [0.5, 0.6) is 0 Å². The number of rotatable bonds is 6. The largest absolute Gasteiger partial charge is 0.325 e. The van der Waals surface area contributed by atoms with Crippen LogP contribution < -0.4 is 5.32 Å². The Balaban J connectivity index is 1.75. The van der Waals surface area contributed by atoms with Crippen molar-refractivity contribution in [1.82, 2.24) is 14.8 Å². The highest BCUT2D eigenvalue weighted by Gasteiger charge is 2.20. The number of aryl methyl sites for hydroxylation is 1. The maximum Gasteiger partial charge on any atom is 0.237 e. The fraction of sp³-hybridized carbons (Fsp3) is 0.250.